The summed E-state index contributed by atoms with van der Waals surface area (Å²) in [6, 6.07) is 9.15. The van der Waals surface area contributed by atoms with Crippen LogP contribution in [0.5, 0.6) is 0 Å². The third-order valence-electron chi connectivity index (χ3n) is 2.21. The molecule has 2 rings (SSSR count). The van der Waals surface area contributed by atoms with Crippen LogP contribution >= 0.6 is 0 Å². The summed E-state index contributed by atoms with van der Waals surface area (Å²) in [7, 11) is 0. The summed E-state index contributed by atoms with van der Waals surface area (Å²) < 4.78 is 0. The number of hydrogen-bond donors (Lipinski definition) is 0. The van der Waals surface area contributed by atoms with Gasteiger partial charge in [-0.3, -0.25) is 4.98 Å². The maximum Gasteiger partial charge on any atom is 0.0372 e. The van der Waals surface area contributed by atoms with Crippen molar-refractivity contribution in [2.75, 3.05) is 0 Å². The van der Waals surface area contributed by atoms with Gasteiger partial charge in [-0.15, -0.1) is 5.56 Å². The number of aryl methyl sites for hydroxylation is 3. The molecule has 2 aromatic heterocycles. The molecule has 3 heteroatoms. The Morgan fingerprint density at radius 3 is 2.00 bits per heavy atom. The Bertz CT molecular complexity index is 458. The monoisotopic (exact) mass is 316 g/mol. The van der Waals surface area contributed by atoms with Gasteiger partial charge in [0.15, 0.2) is 0 Å². The van der Waals surface area contributed by atoms with Crippen LogP contribution in [0.25, 0.3) is 11.3 Å². The predicted octanol–water partition coefficient (Wildman–Crippen LogP) is 3.89. The SMILES string of the molecule is CC.Cc1[c-]cc(-c2cc(C)nc(C)c2)nc1.[Y]. The van der Waals surface area contributed by atoms with E-state index in [2.05, 4.69) is 16.0 Å². The zero-order valence-corrected chi connectivity index (χ0v) is 14.6. The molecule has 1 radical (unpaired) electrons. The summed E-state index contributed by atoms with van der Waals surface area (Å²) in [6.45, 7) is 9.97. The molecule has 0 aliphatic rings. The third-order valence-corrected chi connectivity index (χ3v) is 2.21. The van der Waals surface area contributed by atoms with Gasteiger partial charge in [0.05, 0.1) is 0 Å². The van der Waals surface area contributed by atoms with Gasteiger partial charge in [0, 0.05) is 44.1 Å². The van der Waals surface area contributed by atoms with E-state index >= 15 is 0 Å². The Morgan fingerprint density at radius 2 is 1.56 bits per heavy atom. The fraction of sp³-hybridized carbons (Fsp3) is 0.333. The average Bonchev–Trinajstić information content (AvgIpc) is 2.31. The van der Waals surface area contributed by atoms with Crippen LogP contribution < -0.4 is 0 Å². The average molecular weight is 316 g/mol. The van der Waals surface area contributed by atoms with Crippen molar-refractivity contribution in [1.82, 2.24) is 9.97 Å². The quantitative estimate of drug-likeness (QED) is 0.746. The first-order chi connectivity index (χ1) is 8.15. The van der Waals surface area contributed by atoms with E-state index in [1.165, 1.54) is 0 Å². The van der Waals surface area contributed by atoms with Crippen molar-refractivity contribution in [3.63, 3.8) is 0 Å². The van der Waals surface area contributed by atoms with E-state index in [0.717, 1.165) is 28.2 Å². The van der Waals surface area contributed by atoms with Crippen LogP contribution in [0.4, 0.5) is 0 Å². The minimum atomic E-state index is 0. The Kier molecular flexibility index (Phi) is 8.21. The second kappa shape index (κ2) is 8.50. The van der Waals surface area contributed by atoms with Crippen LogP contribution in [-0.4, -0.2) is 9.97 Å². The summed E-state index contributed by atoms with van der Waals surface area (Å²) in [5.74, 6) is 0. The van der Waals surface area contributed by atoms with Crippen molar-refractivity contribution < 1.29 is 32.7 Å². The predicted molar refractivity (Wildman–Crippen MR) is 71.9 cm³/mol. The van der Waals surface area contributed by atoms with Crippen LogP contribution in [0, 0.1) is 26.8 Å². The molecule has 2 heterocycles. The summed E-state index contributed by atoms with van der Waals surface area (Å²) in [5, 5.41) is 0. The molecule has 18 heavy (non-hydrogen) atoms. The van der Waals surface area contributed by atoms with E-state index in [1.807, 2.05) is 59.0 Å². The first-order valence-electron chi connectivity index (χ1n) is 5.95. The zero-order valence-electron chi connectivity index (χ0n) is 11.8. The first-order valence-corrected chi connectivity index (χ1v) is 5.95. The minimum absolute atomic E-state index is 0. The molecule has 93 valence electrons. The standard InChI is InChI=1S/C13H13N2.C2H6.Y/c1-9-4-5-13(14-8-9)12-6-10(2)15-11(3)7-12;1-2;/h5-8H,1-3H3;1-2H3;/q-1;;. The van der Waals surface area contributed by atoms with Crippen LogP contribution in [0.3, 0.4) is 0 Å². The number of nitrogens with zero attached hydrogens (tertiary/aromatic N) is 2. The first kappa shape index (κ1) is 17.4. The molecule has 2 nitrogen and oxygen atoms in total. The van der Waals surface area contributed by atoms with E-state index in [0.29, 0.717) is 0 Å². The van der Waals surface area contributed by atoms with Crippen LogP contribution in [0.15, 0.2) is 24.4 Å². The maximum absolute atomic E-state index is 4.37. The molecule has 0 aliphatic carbocycles. The van der Waals surface area contributed by atoms with E-state index in [1.54, 1.807) is 0 Å². The molecule has 0 unspecified atom stereocenters. The maximum atomic E-state index is 4.37. The van der Waals surface area contributed by atoms with E-state index in [9.17, 15) is 0 Å². The number of pyridine rings is 2. The summed E-state index contributed by atoms with van der Waals surface area (Å²) in [4.78, 5) is 8.71. The molecule has 0 spiro atoms. The number of hydrogen-bond acceptors (Lipinski definition) is 2. The third kappa shape index (κ3) is 4.95. The Balaban J connectivity index is 0.000000917. The molecular weight excluding hydrogens is 297 g/mol. The van der Waals surface area contributed by atoms with E-state index < -0.39 is 0 Å². The van der Waals surface area contributed by atoms with Crippen molar-refractivity contribution >= 4 is 0 Å². The Hall–Kier alpha value is -0.596. The normalized spacial score (nSPS) is 8.94. The second-order valence-corrected chi connectivity index (χ2v) is 3.75. The zero-order chi connectivity index (χ0) is 12.8. The smallest absolute Gasteiger partial charge is 0.0372 e. The van der Waals surface area contributed by atoms with Gasteiger partial charge in [0.1, 0.15) is 0 Å². The Morgan fingerprint density at radius 1 is 1.00 bits per heavy atom. The van der Waals surface area contributed by atoms with Crippen LogP contribution in [-0.2, 0) is 32.7 Å². The molecule has 0 saturated heterocycles. The Labute approximate surface area is 135 Å². The summed E-state index contributed by atoms with van der Waals surface area (Å²) >= 11 is 0. The van der Waals surface area contributed by atoms with Crippen molar-refractivity contribution in [2.24, 2.45) is 0 Å². The van der Waals surface area contributed by atoms with Crippen molar-refractivity contribution in [3.8, 4) is 11.3 Å². The van der Waals surface area contributed by atoms with Gasteiger partial charge in [-0.05, 0) is 31.7 Å². The molecule has 0 amide bonds. The molecule has 0 aromatic carbocycles. The van der Waals surface area contributed by atoms with Gasteiger partial charge in [-0.25, -0.2) is 0 Å². The molecule has 0 saturated carbocycles. The van der Waals surface area contributed by atoms with Gasteiger partial charge in [-0.1, -0.05) is 32.5 Å². The fourth-order valence-corrected chi connectivity index (χ4v) is 1.56. The topological polar surface area (TPSA) is 25.8 Å². The van der Waals surface area contributed by atoms with E-state index in [4.69, 9.17) is 0 Å². The summed E-state index contributed by atoms with van der Waals surface area (Å²) in [6.07, 6.45) is 1.83. The van der Waals surface area contributed by atoms with Gasteiger partial charge >= 0.3 is 0 Å². The molecule has 0 bridgehead atoms. The number of aromatic nitrogens is 2. The van der Waals surface area contributed by atoms with Crippen LogP contribution in [0.1, 0.15) is 30.8 Å². The van der Waals surface area contributed by atoms with Crippen LogP contribution in [0.2, 0.25) is 0 Å². The number of rotatable bonds is 1. The van der Waals surface area contributed by atoms with Gasteiger partial charge in [0.25, 0.3) is 0 Å². The van der Waals surface area contributed by atoms with Gasteiger partial charge in [0.2, 0.25) is 0 Å². The van der Waals surface area contributed by atoms with Crippen molar-refractivity contribution in [3.05, 3.63) is 47.4 Å². The van der Waals surface area contributed by atoms with Crippen molar-refractivity contribution in [2.45, 2.75) is 34.6 Å². The molecule has 0 fully saturated rings. The molecule has 0 N–H and O–H groups in total. The summed E-state index contributed by atoms with van der Waals surface area (Å²) in [5.41, 5.74) is 5.16. The molecular formula is C15H19N2Y-. The molecule has 2 aromatic rings. The second-order valence-electron chi connectivity index (χ2n) is 3.75. The molecule has 0 aliphatic heterocycles. The largest absolute Gasteiger partial charge is 0.383 e. The molecule has 0 atom stereocenters. The fourth-order valence-electron chi connectivity index (χ4n) is 1.56. The van der Waals surface area contributed by atoms with E-state index in [-0.39, 0.29) is 32.7 Å². The minimum Gasteiger partial charge on any atom is -0.383 e. The van der Waals surface area contributed by atoms with Gasteiger partial charge < -0.3 is 4.98 Å². The van der Waals surface area contributed by atoms with Gasteiger partial charge in [-0.2, -0.15) is 12.1 Å². The van der Waals surface area contributed by atoms with Crippen molar-refractivity contribution in [1.29, 1.82) is 0 Å².